The Bertz CT molecular complexity index is 335. The zero-order valence-corrected chi connectivity index (χ0v) is 10.4. The number of aliphatic hydroxyl groups is 1. The van der Waals surface area contributed by atoms with Crippen LogP contribution in [0.15, 0.2) is 11.4 Å². The van der Waals surface area contributed by atoms with Gasteiger partial charge in [-0.1, -0.05) is 11.8 Å². The summed E-state index contributed by atoms with van der Waals surface area (Å²) in [4.78, 5) is 4.28. The van der Waals surface area contributed by atoms with Crippen LogP contribution in [0.3, 0.4) is 0 Å². The molecule has 1 unspecified atom stereocenters. The predicted octanol–water partition coefficient (Wildman–Crippen LogP) is 1.57. The molecule has 1 atom stereocenters. The molecule has 90 valence electrons. The molecular formula is C11H18N2O2S. The van der Waals surface area contributed by atoms with Gasteiger partial charge in [-0.05, 0) is 19.3 Å². The van der Waals surface area contributed by atoms with Crippen molar-refractivity contribution in [3.05, 3.63) is 11.9 Å². The van der Waals surface area contributed by atoms with Gasteiger partial charge in [-0.2, -0.15) is 0 Å². The van der Waals surface area contributed by atoms with Gasteiger partial charge in [-0.15, -0.1) is 0 Å². The standard InChI is InChI=1S/C11H18N2O2S/c1-13-9(8-14)7-12-11(13)16-6-4-10-3-2-5-15-10/h7,10,14H,2-6,8H2,1H3. The maximum atomic E-state index is 9.04. The molecule has 0 radical (unpaired) electrons. The fourth-order valence-corrected chi connectivity index (χ4v) is 2.86. The number of nitrogens with zero attached hydrogens (tertiary/aromatic N) is 2. The van der Waals surface area contributed by atoms with Crippen molar-refractivity contribution in [1.29, 1.82) is 0 Å². The number of aromatic nitrogens is 2. The highest BCUT2D eigenvalue weighted by Gasteiger charge is 2.15. The monoisotopic (exact) mass is 242 g/mol. The number of imidazole rings is 1. The van der Waals surface area contributed by atoms with E-state index in [1.54, 1.807) is 18.0 Å². The third kappa shape index (κ3) is 2.78. The molecular weight excluding hydrogens is 224 g/mol. The zero-order chi connectivity index (χ0) is 11.4. The van der Waals surface area contributed by atoms with Gasteiger partial charge in [0.25, 0.3) is 0 Å². The van der Waals surface area contributed by atoms with Crippen LogP contribution in [-0.4, -0.2) is 33.1 Å². The lowest BCUT2D eigenvalue weighted by atomic mass is 10.2. The van der Waals surface area contributed by atoms with Crippen molar-refractivity contribution in [3.8, 4) is 0 Å². The molecule has 1 N–H and O–H groups in total. The van der Waals surface area contributed by atoms with E-state index in [1.807, 2.05) is 11.6 Å². The van der Waals surface area contributed by atoms with Gasteiger partial charge >= 0.3 is 0 Å². The third-order valence-corrected chi connectivity index (χ3v) is 3.98. The van der Waals surface area contributed by atoms with Gasteiger partial charge < -0.3 is 14.4 Å². The van der Waals surface area contributed by atoms with E-state index in [1.165, 1.54) is 12.8 Å². The molecule has 0 aromatic carbocycles. The van der Waals surface area contributed by atoms with Crippen molar-refractivity contribution in [3.63, 3.8) is 0 Å². The van der Waals surface area contributed by atoms with Crippen LogP contribution < -0.4 is 0 Å². The normalized spacial score (nSPS) is 20.5. The van der Waals surface area contributed by atoms with Crippen molar-refractivity contribution >= 4 is 11.8 Å². The first-order chi connectivity index (χ1) is 7.81. The summed E-state index contributed by atoms with van der Waals surface area (Å²) in [6, 6.07) is 0. The Labute approximate surface area is 100 Å². The first kappa shape index (κ1) is 12.0. The third-order valence-electron chi connectivity index (χ3n) is 2.90. The molecule has 1 aliphatic heterocycles. The molecule has 4 nitrogen and oxygen atoms in total. The number of aliphatic hydroxyl groups excluding tert-OH is 1. The lowest BCUT2D eigenvalue weighted by Crippen LogP contribution is -2.06. The maximum absolute atomic E-state index is 9.04. The Hall–Kier alpha value is -0.520. The van der Waals surface area contributed by atoms with Gasteiger partial charge in [-0.25, -0.2) is 4.98 Å². The molecule has 0 bridgehead atoms. The maximum Gasteiger partial charge on any atom is 0.167 e. The fourth-order valence-electron chi connectivity index (χ4n) is 1.86. The summed E-state index contributed by atoms with van der Waals surface area (Å²) in [7, 11) is 1.94. The van der Waals surface area contributed by atoms with Crippen LogP contribution in [0.5, 0.6) is 0 Å². The van der Waals surface area contributed by atoms with Crippen molar-refractivity contribution in [2.24, 2.45) is 7.05 Å². The van der Waals surface area contributed by atoms with Gasteiger partial charge in [0.1, 0.15) is 0 Å². The number of hydrogen-bond donors (Lipinski definition) is 1. The topological polar surface area (TPSA) is 47.3 Å². The summed E-state index contributed by atoms with van der Waals surface area (Å²) in [5, 5.41) is 10.0. The number of hydrogen-bond acceptors (Lipinski definition) is 4. The zero-order valence-electron chi connectivity index (χ0n) is 9.56. The Morgan fingerprint density at radius 3 is 3.19 bits per heavy atom. The van der Waals surface area contributed by atoms with Crippen LogP contribution in [0, 0.1) is 0 Å². The van der Waals surface area contributed by atoms with Crippen LogP contribution in [0.1, 0.15) is 25.0 Å². The van der Waals surface area contributed by atoms with E-state index in [9.17, 15) is 0 Å². The van der Waals surface area contributed by atoms with Gasteiger partial charge in [0.2, 0.25) is 0 Å². The molecule has 1 aliphatic rings. The highest BCUT2D eigenvalue weighted by Crippen LogP contribution is 2.22. The van der Waals surface area contributed by atoms with Crippen molar-refractivity contribution < 1.29 is 9.84 Å². The Balaban J connectivity index is 1.78. The molecule has 1 fully saturated rings. The number of rotatable bonds is 5. The van der Waals surface area contributed by atoms with E-state index in [2.05, 4.69) is 4.98 Å². The fraction of sp³-hybridized carbons (Fsp3) is 0.727. The molecule has 2 rings (SSSR count). The minimum absolute atomic E-state index is 0.0514. The van der Waals surface area contributed by atoms with Crippen molar-refractivity contribution in [1.82, 2.24) is 9.55 Å². The summed E-state index contributed by atoms with van der Waals surface area (Å²) in [5.74, 6) is 1.03. The molecule has 1 aromatic heterocycles. The van der Waals surface area contributed by atoms with Gasteiger partial charge in [-0.3, -0.25) is 0 Å². The highest BCUT2D eigenvalue weighted by molar-refractivity contribution is 7.99. The van der Waals surface area contributed by atoms with Crippen LogP contribution in [0.2, 0.25) is 0 Å². The van der Waals surface area contributed by atoms with E-state index < -0.39 is 0 Å². The van der Waals surface area contributed by atoms with Crippen LogP contribution in [-0.2, 0) is 18.4 Å². The Morgan fingerprint density at radius 2 is 2.56 bits per heavy atom. The lowest BCUT2D eigenvalue weighted by molar-refractivity contribution is 0.109. The SMILES string of the molecule is Cn1c(CO)cnc1SCCC1CCCO1. The van der Waals surface area contributed by atoms with E-state index in [0.717, 1.165) is 29.6 Å². The molecule has 5 heteroatoms. The second-order valence-electron chi connectivity index (χ2n) is 4.02. The molecule has 2 heterocycles. The van der Waals surface area contributed by atoms with Crippen LogP contribution in [0.25, 0.3) is 0 Å². The first-order valence-electron chi connectivity index (χ1n) is 5.67. The molecule has 0 amide bonds. The average Bonchev–Trinajstić information content (AvgIpc) is 2.90. The minimum atomic E-state index is 0.0514. The molecule has 1 saturated heterocycles. The van der Waals surface area contributed by atoms with Crippen molar-refractivity contribution in [2.45, 2.75) is 37.1 Å². The molecule has 0 saturated carbocycles. The van der Waals surface area contributed by atoms with Crippen LogP contribution >= 0.6 is 11.8 Å². The Kier molecular flexibility index (Phi) is 4.26. The predicted molar refractivity (Wildman–Crippen MR) is 63.4 cm³/mol. The quantitative estimate of drug-likeness (QED) is 0.796. The van der Waals surface area contributed by atoms with Gasteiger partial charge in [0, 0.05) is 19.4 Å². The summed E-state index contributed by atoms with van der Waals surface area (Å²) < 4.78 is 7.51. The Morgan fingerprint density at radius 1 is 1.69 bits per heavy atom. The van der Waals surface area contributed by atoms with Gasteiger partial charge in [0.15, 0.2) is 5.16 Å². The number of ether oxygens (including phenoxy) is 1. The summed E-state index contributed by atoms with van der Waals surface area (Å²) in [6.45, 7) is 0.974. The van der Waals surface area contributed by atoms with E-state index in [4.69, 9.17) is 9.84 Å². The highest BCUT2D eigenvalue weighted by atomic mass is 32.2. The molecule has 16 heavy (non-hydrogen) atoms. The smallest absolute Gasteiger partial charge is 0.167 e. The van der Waals surface area contributed by atoms with E-state index >= 15 is 0 Å². The molecule has 0 spiro atoms. The second kappa shape index (κ2) is 5.70. The summed E-state index contributed by atoms with van der Waals surface area (Å²) in [5.41, 5.74) is 0.861. The molecule has 0 aliphatic carbocycles. The van der Waals surface area contributed by atoms with E-state index in [0.29, 0.717) is 6.10 Å². The molecule has 1 aromatic rings. The summed E-state index contributed by atoms with van der Waals surface area (Å²) in [6.07, 6.45) is 5.67. The number of thioether (sulfide) groups is 1. The van der Waals surface area contributed by atoms with Crippen molar-refractivity contribution in [2.75, 3.05) is 12.4 Å². The summed E-state index contributed by atoms with van der Waals surface area (Å²) >= 11 is 1.73. The first-order valence-corrected chi connectivity index (χ1v) is 6.65. The average molecular weight is 242 g/mol. The van der Waals surface area contributed by atoms with Gasteiger partial charge in [0.05, 0.1) is 24.6 Å². The minimum Gasteiger partial charge on any atom is -0.390 e. The second-order valence-corrected chi connectivity index (χ2v) is 5.08. The lowest BCUT2D eigenvalue weighted by Gasteiger charge is -2.08. The largest absolute Gasteiger partial charge is 0.390 e. The van der Waals surface area contributed by atoms with Crippen LogP contribution in [0.4, 0.5) is 0 Å². The van der Waals surface area contributed by atoms with E-state index in [-0.39, 0.29) is 6.61 Å².